The molecule has 0 amide bonds. The Morgan fingerprint density at radius 3 is 1.79 bits per heavy atom. The fourth-order valence-corrected chi connectivity index (χ4v) is 5.65. The maximum atomic E-state index is 13.1. The van der Waals surface area contributed by atoms with Crippen molar-refractivity contribution in [2.24, 2.45) is 0 Å². The second-order valence-corrected chi connectivity index (χ2v) is 11.6. The molecule has 8 nitrogen and oxygen atoms in total. The van der Waals surface area contributed by atoms with Gasteiger partial charge in [0.2, 0.25) is 0 Å². The van der Waals surface area contributed by atoms with Gasteiger partial charge >= 0.3 is 11.9 Å². The first-order valence-corrected chi connectivity index (χ1v) is 16.5. The van der Waals surface area contributed by atoms with Crippen molar-refractivity contribution in [3.63, 3.8) is 0 Å². The molecule has 8 heteroatoms. The van der Waals surface area contributed by atoms with Crippen molar-refractivity contribution in [3.05, 3.63) is 35.9 Å². The quantitative estimate of drug-likeness (QED) is 0.113. The van der Waals surface area contributed by atoms with E-state index in [1.807, 2.05) is 30.3 Å². The van der Waals surface area contributed by atoms with Gasteiger partial charge in [0.25, 0.3) is 0 Å². The van der Waals surface area contributed by atoms with Crippen molar-refractivity contribution < 1.29 is 38.0 Å². The molecule has 0 spiro atoms. The lowest BCUT2D eigenvalue weighted by molar-refractivity contribution is -0.359. The number of carbonyl (C=O) groups excluding carboxylic acids is 2. The molecule has 2 fully saturated rings. The Morgan fingerprint density at radius 1 is 0.714 bits per heavy atom. The molecule has 0 N–H and O–H groups in total. The van der Waals surface area contributed by atoms with E-state index in [0.29, 0.717) is 12.8 Å². The normalized spacial score (nSPS) is 25.5. The second kappa shape index (κ2) is 20.0. The van der Waals surface area contributed by atoms with Gasteiger partial charge in [-0.2, -0.15) is 0 Å². The summed E-state index contributed by atoms with van der Waals surface area (Å²) in [5, 5.41) is 0. The van der Waals surface area contributed by atoms with Crippen LogP contribution in [0.2, 0.25) is 0 Å². The lowest BCUT2D eigenvalue weighted by Crippen LogP contribution is -2.64. The first kappa shape index (κ1) is 34.5. The minimum atomic E-state index is -0.944. The minimum absolute atomic E-state index is 0.231. The number of unbranched alkanes of at least 4 members (excludes halogenated alkanes) is 12. The molecule has 2 heterocycles. The minimum Gasteiger partial charge on any atom is -0.455 e. The number of hydrogen-bond acceptors (Lipinski definition) is 8. The monoisotopic (exact) mass is 590 g/mol. The number of methoxy groups -OCH3 is 1. The Bertz CT molecular complexity index is 878. The van der Waals surface area contributed by atoms with Gasteiger partial charge < -0.3 is 28.4 Å². The highest BCUT2D eigenvalue weighted by Gasteiger charge is 2.54. The number of hydrogen-bond donors (Lipinski definition) is 0. The van der Waals surface area contributed by atoms with E-state index in [1.54, 1.807) is 0 Å². The van der Waals surface area contributed by atoms with Gasteiger partial charge in [-0.1, -0.05) is 121 Å². The average molecular weight is 591 g/mol. The molecule has 0 aromatic heterocycles. The molecule has 2 aliphatic heterocycles. The smallest absolute Gasteiger partial charge is 0.306 e. The first-order chi connectivity index (χ1) is 20.6. The molecule has 1 unspecified atom stereocenters. The van der Waals surface area contributed by atoms with E-state index >= 15 is 0 Å². The van der Waals surface area contributed by atoms with E-state index in [2.05, 4.69) is 13.8 Å². The summed E-state index contributed by atoms with van der Waals surface area (Å²) in [6.45, 7) is 4.64. The maximum Gasteiger partial charge on any atom is 0.306 e. The van der Waals surface area contributed by atoms with Gasteiger partial charge in [0.05, 0.1) is 6.61 Å². The summed E-state index contributed by atoms with van der Waals surface area (Å²) in [4.78, 5) is 26.1. The lowest BCUT2D eigenvalue weighted by atomic mass is 9.97. The highest BCUT2D eigenvalue weighted by Crippen LogP contribution is 2.37. The summed E-state index contributed by atoms with van der Waals surface area (Å²) in [6.07, 6.45) is 11.5. The fraction of sp³-hybridized carbons (Fsp3) is 0.765. The van der Waals surface area contributed by atoms with E-state index < -0.39 is 37.0 Å². The Hall–Kier alpha value is -2.00. The van der Waals surface area contributed by atoms with Crippen LogP contribution in [0, 0.1) is 0 Å². The van der Waals surface area contributed by atoms with E-state index in [0.717, 1.165) is 44.1 Å². The topological polar surface area (TPSA) is 89.5 Å². The lowest BCUT2D eigenvalue weighted by Gasteiger charge is -2.47. The van der Waals surface area contributed by atoms with Gasteiger partial charge in [0.1, 0.15) is 12.2 Å². The van der Waals surface area contributed by atoms with Gasteiger partial charge in [0, 0.05) is 25.5 Å². The van der Waals surface area contributed by atoms with Gasteiger partial charge in [-0.25, -0.2) is 0 Å². The van der Waals surface area contributed by atoms with E-state index in [4.69, 9.17) is 28.4 Å². The summed E-state index contributed by atoms with van der Waals surface area (Å²) in [5.74, 6) is -0.680. The van der Waals surface area contributed by atoms with Crippen LogP contribution in [-0.2, 0) is 38.0 Å². The highest BCUT2D eigenvalue weighted by atomic mass is 16.8. The third kappa shape index (κ3) is 11.6. The van der Waals surface area contributed by atoms with Crippen LogP contribution in [0.1, 0.15) is 128 Å². The molecule has 0 aliphatic carbocycles. The Kier molecular flexibility index (Phi) is 16.5. The molecule has 6 atom stereocenters. The molecule has 2 aliphatic rings. The largest absolute Gasteiger partial charge is 0.455 e. The van der Waals surface area contributed by atoms with E-state index in [1.165, 1.54) is 58.5 Å². The maximum absolute atomic E-state index is 13.1. The number of fused-ring (bicyclic) bond motifs is 1. The van der Waals surface area contributed by atoms with Crippen LogP contribution in [0.15, 0.2) is 30.3 Å². The molecule has 0 saturated carbocycles. The summed E-state index contributed by atoms with van der Waals surface area (Å²) in [5.41, 5.74) is 0.852. The molecular formula is C34H54O8. The van der Waals surface area contributed by atoms with Crippen molar-refractivity contribution in [3.8, 4) is 0 Å². The Balaban J connectivity index is 1.63. The zero-order valence-corrected chi connectivity index (χ0v) is 26.1. The molecular weight excluding hydrogens is 536 g/mol. The zero-order valence-electron chi connectivity index (χ0n) is 26.1. The summed E-state index contributed by atoms with van der Waals surface area (Å²) in [7, 11) is 1.50. The van der Waals surface area contributed by atoms with Gasteiger partial charge in [-0.05, 0) is 12.8 Å². The van der Waals surface area contributed by atoms with Crippen molar-refractivity contribution in [1.29, 1.82) is 0 Å². The highest BCUT2D eigenvalue weighted by molar-refractivity contribution is 5.70. The van der Waals surface area contributed by atoms with Crippen LogP contribution in [0.5, 0.6) is 0 Å². The summed E-state index contributed by atoms with van der Waals surface area (Å²) >= 11 is 0. The third-order valence-corrected chi connectivity index (χ3v) is 8.09. The second-order valence-electron chi connectivity index (χ2n) is 11.6. The molecule has 2 saturated heterocycles. The molecule has 0 radical (unpaired) electrons. The summed E-state index contributed by atoms with van der Waals surface area (Å²) in [6, 6.07) is 9.61. The predicted molar refractivity (Wildman–Crippen MR) is 161 cm³/mol. The van der Waals surface area contributed by atoms with E-state index in [9.17, 15) is 9.59 Å². The molecule has 1 aromatic rings. The van der Waals surface area contributed by atoms with Gasteiger partial charge in [-0.15, -0.1) is 0 Å². The molecule has 0 bridgehead atoms. The first-order valence-electron chi connectivity index (χ1n) is 16.5. The van der Waals surface area contributed by atoms with Crippen molar-refractivity contribution in [2.75, 3.05) is 13.7 Å². The number of esters is 2. The average Bonchev–Trinajstić information content (AvgIpc) is 3.01. The predicted octanol–water partition coefficient (Wildman–Crippen LogP) is 7.58. The number of carbonyl (C=O) groups is 2. The Labute approximate surface area is 253 Å². The molecule has 238 valence electrons. The van der Waals surface area contributed by atoms with Crippen molar-refractivity contribution >= 4 is 11.9 Å². The van der Waals surface area contributed by atoms with Crippen LogP contribution >= 0.6 is 0 Å². The standard InChI is InChI=1S/C34H54O8/c1-4-6-8-10-12-14-19-23-28(35)40-31-30-27(25-38-33(42-30)26-21-17-16-18-22-26)39-34(37-3)32(31)41-29(36)24-20-15-13-11-9-7-5-2/h16-18,21-22,27,30-34H,4-15,19-20,23-25H2,1-3H3/t27-,30-,31+,32-,33?,34+/m1/s1. The van der Waals surface area contributed by atoms with Crippen LogP contribution in [0.4, 0.5) is 0 Å². The third-order valence-electron chi connectivity index (χ3n) is 8.09. The van der Waals surface area contributed by atoms with Crippen LogP contribution in [-0.4, -0.2) is 56.4 Å². The number of benzene rings is 1. The van der Waals surface area contributed by atoms with Crippen molar-refractivity contribution in [1.82, 2.24) is 0 Å². The number of rotatable bonds is 20. The Morgan fingerprint density at radius 2 is 1.24 bits per heavy atom. The molecule has 42 heavy (non-hydrogen) atoms. The SMILES string of the molecule is CCCCCCCCCC(=O)O[C@@H]1[C@@H](OC(=O)CCCCCCCCC)[C@@H](OC)O[C@@H]2COC(c3ccccc3)O[C@@H]12. The van der Waals surface area contributed by atoms with Gasteiger partial charge in [-0.3, -0.25) is 9.59 Å². The zero-order chi connectivity index (χ0) is 30.0. The van der Waals surface area contributed by atoms with Gasteiger partial charge in [0.15, 0.2) is 24.8 Å². The van der Waals surface area contributed by atoms with Crippen molar-refractivity contribution in [2.45, 2.75) is 154 Å². The van der Waals surface area contributed by atoms with Crippen LogP contribution < -0.4 is 0 Å². The van der Waals surface area contributed by atoms with Crippen LogP contribution in [0.3, 0.4) is 0 Å². The van der Waals surface area contributed by atoms with Crippen LogP contribution in [0.25, 0.3) is 0 Å². The summed E-state index contributed by atoms with van der Waals surface area (Å²) < 4.78 is 36.0. The molecule has 3 rings (SSSR count). The van der Waals surface area contributed by atoms with E-state index in [-0.39, 0.29) is 18.5 Å². The molecule has 1 aromatic carbocycles. The fourth-order valence-electron chi connectivity index (χ4n) is 5.65. The number of ether oxygens (including phenoxy) is 6.